The third kappa shape index (κ3) is 4.12. The first-order chi connectivity index (χ1) is 16.8. The molecule has 0 aliphatic carbocycles. The van der Waals surface area contributed by atoms with Gasteiger partial charge in [-0.25, -0.2) is 9.36 Å². The number of ether oxygens (including phenoxy) is 1. The van der Waals surface area contributed by atoms with Crippen molar-refractivity contribution in [2.75, 3.05) is 0 Å². The van der Waals surface area contributed by atoms with Crippen molar-refractivity contribution in [3.05, 3.63) is 78.0 Å². The summed E-state index contributed by atoms with van der Waals surface area (Å²) in [5.41, 5.74) is 3.36. The second kappa shape index (κ2) is 8.16. The Bertz CT molecular complexity index is 1690. The van der Waals surface area contributed by atoms with Crippen LogP contribution in [0.5, 0.6) is 0 Å². The number of hydrogen-bond acceptors (Lipinski definition) is 6. The van der Waals surface area contributed by atoms with Gasteiger partial charge in [-0.15, -0.1) is 0 Å². The molecule has 0 amide bonds. The summed E-state index contributed by atoms with van der Waals surface area (Å²) in [5, 5.41) is 20.1. The van der Waals surface area contributed by atoms with Gasteiger partial charge >= 0.3 is 6.09 Å². The summed E-state index contributed by atoms with van der Waals surface area (Å²) in [5.74, 6) is 0.625. The molecule has 2 aromatic carbocycles. The molecule has 0 saturated carbocycles. The van der Waals surface area contributed by atoms with Crippen molar-refractivity contribution in [2.45, 2.75) is 26.4 Å². The molecule has 35 heavy (non-hydrogen) atoms. The maximum atomic E-state index is 13.2. The monoisotopic (exact) mass is 460 g/mol. The van der Waals surface area contributed by atoms with Crippen LogP contribution in [-0.4, -0.2) is 21.2 Å². The number of benzene rings is 2. The summed E-state index contributed by atoms with van der Waals surface area (Å²) in [6.07, 6.45) is 1.13. The number of rotatable bonds is 2. The summed E-state index contributed by atoms with van der Waals surface area (Å²) in [6, 6.07) is 22.1. The number of carbonyl (C=O) groups is 1. The van der Waals surface area contributed by atoms with Crippen molar-refractivity contribution in [2.24, 2.45) is 0 Å². The molecular weight excluding hydrogens is 440 g/mol. The van der Waals surface area contributed by atoms with Crippen molar-refractivity contribution < 1.29 is 13.9 Å². The molecule has 0 N–H and O–H groups in total. The summed E-state index contributed by atoms with van der Waals surface area (Å²) >= 11 is 0. The summed E-state index contributed by atoms with van der Waals surface area (Å²) in [7, 11) is 0. The molecule has 0 atom stereocenters. The average molecular weight is 460 g/mol. The lowest BCUT2D eigenvalue weighted by Gasteiger charge is -2.21. The number of nitrogens with zero attached hydrogens (tertiary/aromatic N) is 4. The maximum absolute atomic E-state index is 13.2. The van der Waals surface area contributed by atoms with Gasteiger partial charge < -0.3 is 9.15 Å². The predicted molar refractivity (Wildman–Crippen MR) is 131 cm³/mol. The Morgan fingerprint density at radius 2 is 1.66 bits per heavy atom. The lowest BCUT2D eigenvalue weighted by molar-refractivity contribution is 0.0547. The van der Waals surface area contributed by atoms with E-state index in [1.54, 1.807) is 57.3 Å². The van der Waals surface area contributed by atoms with E-state index in [9.17, 15) is 10.1 Å². The van der Waals surface area contributed by atoms with Gasteiger partial charge in [0.25, 0.3) is 0 Å². The first kappa shape index (κ1) is 21.9. The summed E-state index contributed by atoms with van der Waals surface area (Å²) < 4.78 is 13.0. The second-order valence-electron chi connectivity index (χ2n) is 9.14. The van der Waals surface area contributed by atoms with E-state index in [4.69, 9.17) is 14.4 Å². The number of fused-ring (bicyclic) bond motifs is 2. The zero-order chi connectivity index (χ0) is 24.7. The van der Waals surface area contributed by atoms with Crippen LogP contribution in [0.15, 0.2) is 71.3 Å². The molecular formula is C28H20N4O3. The van der Waals surface area contributed by atoms with Crippen LogP contribution in [0.1, 0.15) is 31.9 Å². The van der Waals surface area contributed by atoms with Gasteiger partial charge in [-0.05, 0) is 75.4 Å². The fourth-order valence-electron chi connectivity index (χ4n) is 3.90. The maximum Gasteiger partial charge on any atom is 0.419 e. The molecule has 0 bridgehead atoms. The molecule has 5 rings (SSSR count). The van der Waals surface area contributed by atoms with Crippen LogP contribution in [0, 0.1) is 22.7 Å². The first-order valence-electron chi connectivity index (χ1n) is 11.0. The van der Waals surface area contributed by atoms with Gasteiger partial charge in [-0.1, -0.05) is 6.07 Å². The predicted octanol–water partition coefficient (Wildman–Crippen LogP) is 6.64. The number of hydrogen-bond donors (Lipinski definition) is 0. The molecule has 170 valence electrons. The lowest BCUT2D eigenvalue weighted by atomic mass is 10.1. The van der Waals surface area contributed by atoms with Crippen LogP contribution in [-0.2, 0) is 4.74 Å². The number of furan rings is 1. The van der Waals surface area contributed by atoms with Crippen LogP contribution >= 0.6 is 0 Å². The molecule has 7 heteroatoms. The van der Waals surface area contributed by atoms with Crippen LogP contribution in [0.25, 0.3) is 44.6 Å². The summed E-state index contributed by atoms with van der Waals surface area (Å²) in [4.78, 5) is 17.8. The van der Waals surface area contributed by atoms with E-state index in [0.29, 0.717) is 39.4 Å². The molecule has 0 spiro atoms. The van der Waals surface area contributed by atoms with E-state index < -0.39 is 11.7 Å². The van der Waals surface area contributed by atoms with E-state index in [2.05, 4.69) is 17.1 Å². The van der Waals surface area contributed by atoms with E-state index in [0.717, 1.165) is 16.3 Å². The summed E-state index contributed by atoms with van der Waals surface area (Å²) in [6.45, 7) is 5.41. The zero-order valence-electron chi connectivity index (χ0n) is 19.4. The van der Waals surface area contributed by atoms with Crippen molar-refractivity contribution >= 4 is 28.0 Å². The molecule has 5 aromatic rings. The van der Waals surface area contributed by atoms with Crippen molar-refractivity contribution in [3.8, 4) is 34.8 Å². The number of carbonyl (C=O) groups excluding carboxylic acids is 1. The minimum atomic E-state index is -0.693. The van der Waals surface area contributed by atoms with Crippen LogP contribution in [0.3, 0.4) is 0 Å². The Hall–Kier alpha value is -4.88. The van der Waals surface area contributed by atoms with Gasteiger partial charge in [0.05, 0.1) is 40.2 Å². The Kier molecular flexibility index (Phi) is 5.12. The second-order valence-corrected chi connectivity index (χ2v) is 9.14. The zero-order valence-corrected chi connectivity index (χ0v) is 19.4. The highest BCUT2D eigenvalue weighted by Crippen LogP contribution is 2.32. The van der Waals surface area contributed by atoms with Gasteiger partial charge in [0.2, 0.25) is 0 Å². The van der Waals surface area contributed by atoms with Crippen LogP contribution in [0.2, 0.25) is 0 Å². The Morgan fingerprint density at radius 1 is 0.943 bits per heavy atom. The molecule has 3 heterocycles. The lowest BCUT2D eigenvalue weighted by Crippen LogP contribution is -2.27. The molecule has 7 nitrogen and oxygen atoms in total. The number of pyridine rings is 1. The van der Waals surface area contributed by atoms with E-state index in [-0.39, 0.29) is 0 Å². The van der Waals surface area contributed by atoms with Crippen LogP contribution in [0.4, 0.5) is 4.79 Å². The standard InChI is InChI=1S/C28H20N4O3/c1-28(2,3)35-27(33)32-23-10-17(14-29)4-6-19(23)12-24(32)22-9-8-21(16-31-22)26-13-20-7-5-18(15-30)11-25(20)34-26/h4-13,16H,1-3H3. The molecule has 3 aromatic heterocycles. The van der Waals surface area contributed by atoms with Crippen molar-refractivity contribution in [3.63, 3.8) is 0 Å². The van der Waals surface area contributed by atoms with Gasteiger partial charge in [0, 0.05) is 22.5 Å². The molecule has 0 saturated heterocycles. The van der Waals surface area contributed by atoms with E-state index in [1.165, 1.54) is 4.57 Å². The van der Waals surface area contributed by atoms with Gasteiger partial charge in [0.1, 0.15) is 16.9 Å². The number of aromatic nitrogens is 2. The van der Waals surface area contributed by atoms with Crippen molar-refractivity contribution in [1.82, 2.24) is 9.55 Å². The largest absolute Gasteiger partial charge is 0.456 e. The Labute approximate surface area is 201 Å². The highest BCUT2D eigenvalue weighted by atomic mass is 16.6. The normalized spacial score (nSPS) is 11.3. The fraction of sp³-hybridized carbons (Fsp3) is 0.143. The molecule has 0 radical (unpaired) electrons. The van der Waals surface area contributed by atoms with Crippen LogP contribution < -0.4 is 0 Å². The Morgan fingerprint density at radius 3 is 2.31 bits per heavy atom. The third-order valence-corrected chi connectivity index (χ3v) is 5.47. The van der Waals surface area contributed by atoms with Gasteiger partial charge in [-0.2, -0.15) is 10.5 Å². The number of nitriles is 2. The minimum absolute atomic E-state index is 0.444. The molecule has 0 aliphatic heterocycles. The molecule has 0 fully saturated rings. The quantitative estimate of drug-likeness (QED) is 0.292. The Balaban J connectivity index is 1.59. The molecule has 0 unspecified atom stereocenters. The van der Waals surface area contributed by atoms with E-state index >= 15 is 0 Å². The topological polar surface area (TPSA) is 105 Å². The fourth-order valence-corrected chi connectivity index (χ4v) is 3.90. The third-order valence-electron chi connectivity index (χ3n) is 5.47. The highest BCUT2D eigenvalue weighted by Gasteiger charge is 2.23. The smallest absolute Gasteiger partial charge is 0.419 e. The highest BCUT2D eigenvalue weighted by molar-refractivity contribution is 5.96. The van der Waals surface area contributed by atoms with Crippen molar-refractivity contribution in [1.29, 1.82) is 10.5 Å². The SMILES string of the molecule is CC(C)(C)OC(=O)n1c(-c2ccc(-c3cc4ccc(C#N)cc4o3)cn2)cc2ccc(C#N)cc21. The average Bonchev–Trinajstić information content (AvgIpc) is 3.43. The van der Waals surface area contributed by atoms with Gasteiger partial charge in [-0.3, -0.25) is 4.98 Å². The first-order valence-corrected chi connectivity index (χ1v) is 11.0. The minimum Gasteiger partial charge on any atom is -0.456 e. The molecule has 0 aliphatic rings. The van der Waals surface area contributed by atoms with Gasteiger partial charge in [0.15, 0.2) is 0 Å². The van der Waals surface area contributed by atoms with E-state index in [1.807, 2.05) is 30.3 Å².